The fourth-order valence-electron chi connectivity index (χ4n) is 1.58. The number of ether oxygens (including phenoxy) is 1. The number of nitrogens with two attached hydrogens (primary N) is 2. The third-order valence-corrected chi connectivity index (χ3v) is 4.32. The number of amides is 1. The van der Waals surface area contributed by atoms with E-state index in [0.717, 1.165) is 9.35 Å². The molecule has 0 aliphatic carbocycles. The molecule has 0 fully saturated rings. The van der Waals surface area contributed by atoms with Gasteiger partial charge in [-0.2, -0.15) is 0 Å². The van der Waals surface area contributed by atoms with Gasteiger partial charge in [-0.15, -0.1) is 11.3 Å². The van der Waals surface area contributed by atoms with Crippen LogP contribution in [-0.4, -0.2) is 12.5 Å². The molecule has 100 valence electrons. The normalized spacial score (nSPS) is 12.1. The van der Waals surface area contributed by atoms with Crippen molar-refractivity contribution in [2.75, 3.05) is 6.54 Å². The van der Waals surface area contributed by atoms with Gasteiger partial charge in [-0.3, -0.25) is 4.79 Å². The van der Waals surface area contributed by atoms with Crippen molar-refractivity contribution >= 4 is 33.2 Å². The van der Waals surface area contributed by atoms with Crippen LogP contribution < -0.4 is 16.2 Å². The molecule has 0 bridgehead atoms. The molecular formula is C13H13BrN2O2S. The molecule has 1 aromatic carbocycles. The zero-order valence-corrected chi connectivity index (χ0v) is 12.4. The van der Waals surface area contributed by atoms with E-state index in [4.69, 9.17) is 16.2 Å². The highest BCUT2D eigenvalue weighted by Crippen LogP contribution is 2.28. The summed E-state index contributed by atoms with van der Waals surface area (Å²) in [6, 6.07) is 8.68. The number of benzene rings is 1. The Morgan fingerprint density at radius 2 is 2.05 bits per heavy atom. The maximum absolute atomic E-state index is 11.0. The van der Waals surface area contributed by atoms with Crippen LogP contribution in [0.2, 0.25) is 0 Å². The molecule has 6 heteroatoms. The molecule has 4 nitrogen and oxygen atoms in total. The summed E-state index contributed by atoms with van der Waals surface area (Å²) in [5.41, 5.74) is 11.4. The van der Waals surface area contributed by atoms with Crippen molar-refractivity contribution in [1.29, 1.82) is 0 Å². The van der Waals surface area contributed by atoms with Gasteiger partial charge >= 0.3 is 0 Å². The minimum absolute atomic E-state index is 0.198. The monoisotopic (exact) mass is 340 g/mol. The van der Waals surface area contributed by atoms with E-state index in [2.05, 4.69) is 15.9 Å². The molecule has 0 aliphatic rings. The molecule has 19 heavy (non-hydrogen) atoms. The molecular weight excluding hydrogens is 328 g/mol. The van der Waals surface area contributed by atoms with Gasteiger partial charge in [0.05, 0.1) is 0 Å². The zero-order chi connectivity index (χ0) is 13.8. The Kier molecular flexibility index (Phi) is 4.57. The second-order valence-electron chi connectivity index (χ2n) is 3.90. The van der Waals surface area contributed by atoms with Crippen LogP contribution in [0, 0.1) is 0 Å². The molecule has 0 saturated heterocycles. The van der Waals surface area contributed by atoms with Crippen molar-refractivity contribution in [1.82, 2.24) is 0 Å². The molecule has 4 N–H and O–H groups in total. The number of thiophene rings is 1. The second kappa shape index (κ2) is 6.18. The van der Waals surface area contributed by atoms with Crippen molar-refractivity contribution in [3.63, 3.8) is 0 Å². The molecule has 1 heterocycles. The molecule has 2 rings (SSSR count). The smallest absolute Gasteiger partial charge is 0.248 e. The number of halogens is 1. The Morgan fingerprint density at radius 3 is 2.53 bits per heavy atom. The topological polar surface area (TPSA) is 78.3 Å². The summed E-state index contributed by atoms with van der Waals surface area (Å²) in [7, 11) is 0. The lowest BCUT2D eigenvalue weighted by Crippen LogP contribution is -2.17. The fourth-order valence-corrected chi connectivity index (χ4v) is 3.07. The molecule has 0 radical (unpaired) electrons. The van der Waals surface area contributed by atoms with E-state index in [1.54, 1.807) is 35.6 Å². The first-order valence-corrected chi connectivity index (χ1v) is 7.28. The van der Waals surface area contributed by atoms with Gasteiger partial charge in [0, 0.05) is 26.8 Å². The molecule has 0 saturated carbocycles. The van der Waals surface area contributed by atoms with Gasteiger partial charge in [-0.05, 0) is 46.3 Å². The molecule has 1 amide bonds. The molecule has 1 atom stereocenters. The number of carbonyl (C=O) groups excluding carboxylic acids is 1. The van der Waals surface area contributed by atoms with Crippen molar-refractivity contribution in [2.24, 2.45) is 11.5 Å². The second-order valence-corrected chi connectivity index (χ2v) is 5.76. The Bertz CT molecular complexity index is 568. The minimum Gasteiger partial charge on any atom is -0.484 e. The summed E-state index contributed by atoms with van der Waals surface area (Å²) in [5, 5.41) is 1.98. The highest BCUT2D eigenvalue weighted by atomic mass is 79.9. The van der Waals surface area contributed by atoms with Crippen LogP contribution in [-0.2, 0) is 0 Å². The Hall–Kier alpha value is -1.37. The predicted molar refractivity (Wildman–Crippen MR) is 79.4 cm³/mol. The summed E-state index contributed by atoms with van der Waals surface area (Å²) >= 11 is 4.99. The first kappa shape index (κ1) is 14.0. The predicted octanol–water partition coefficient (Wildman–Crippen LogP) is 2.69. The SMILES string of the molecule is NCC(Oc1ccc(C(N)=O)cc1)c1cc(Br)cs1. The highest BCUT2D eigenvalue weighted by Gasteiger charge is 2.14. The molecule has 0 aliphatic heterocycles. The average molecular weight is 341 g/mol. The van der Waals surface area contributed by atoms with Gasteiger partial charge < -0.3 is 16.2 Å². The molecule has 2 aromatic rings. The highest BCUT2D eigenvalue weighted by molar-refractivity contribution is 9.10. The number of rotatable bonds is 5. The van der Waals surface area contributed by atoms with Gasteiger partial charge in [0.1, 0.15) is 11.9 Å². The summed E-state index contributed by atoms with van der Waals surface area (Å²) in [6.07, 6.45) is -0.198. The minimum atomic E-state index is -0.455. The van der Waals surface area contributed by atoms with E-state index in [-0.39, 0.29) is 6.10 Å². The van der Waals surface area contributed by atoms with Crippen molar-refractivity contribution in [3.8, 4) is 5.75 Å². The Morgan fingerprint density at radius 1 is 1.37 bits per heavy atom. The number of hydrogen-bond acceptors (Lipinski definition) is 4. The van der Waals surface area contributed by atoms with Gasteiger partial charge in [-0.1, -0.05) is 0 Å². The van der Waals surface area contributed by atoms with Gasteiger partial charge in [-0.25, -0.2) is 0 Å². The van der Waals surface area contributed by atoms with Crippen LogP contribution in [0.4, 0.5) is 0 Å². The molecule has 1 unspecified atom stereocenters. The summed E-state index contributed by atoms with van der Waals surface area (Å²) in [4.78, 5) is 12.0. The Labute approximate surface area is 123 Å². The number of hydrogen-bond donors (Lipinski definition) is 2. The number of carbonyl (C=O) groups is 1. The van der Waals surface area contributed by atoms with Crippen LogP contribution in [0.1, 0.15) is 21.3 Å². The fraction of sp³-hybridized carbons (Fsp3) is 0.154. The lowest BCUT2D eigenvalue weighted by molar-refractivity contribution is 0.1000. The maximum atomic E-state index is 11.0. The van der Waals surface area contributed by atoms with E-state index in [1.165, 1.54) is 0 Å². The van der Waals surface area contributed by atoms with E-state index in [1.807, 2.05) is 11.4 Å². The third kappa shape index (κ3) is 3.56. The Balaban J connectivity index is 2.12. The van der Waals surface area contributed by atoms with E-state index in [9.17, 15) is 4.79 Å². The summed E-state index contributed by atoms with van der Waals surface area (Å²) in [6.45, 7) is 0.379. The zero-order valence-electron chi connectivity index (χ0n) is 10.0. The van der Waals surface area contributed by atoms with Gasteiger partial charge in [0.25, 0.3) is 0 Å². The quantitative estimate of drug-likeness (QED) is 0.878. The third-order valence-electron chi connectivity index (χ3n) is 2.54. The molecule has 0 spiro atoms. The van der Waals surface area contributed by atoms with Crippen molar-refractivity contribution in [3.05, 3.63) is 50.6 Å². The first-order chi connectivity index (χ1) is 9.10. The van der Waals surface area contributed by atoms with Crippen LogP contribution in [0.15, 0.2) is 40.2 Å². The van der Waals surface area contributed by atoms with Crippen molar-refractivity contribution < 1.29 is 9.53 Å². The first-order valence-electron chi connectivity index (χ1n) is 5.60. The lowest BCUT2D eigenvalue weighted by atomic mass is 10.2. The molecule has 1 aromatic heterocycles. The maximum Gasteiger partial charge on any atom is 0.248 e. The van der Waals surface area contributed by atoms with E-state index < -0.39 is 5.91 Å². The standard InChI is InChI=1S/C13H13BrN2O2S/c14-9-5-12(19-7-9)11(6-15)18-10-3-1-8(2-4-10)13(16)17/h1-5,7,11H,6,15H2,(H2,16,17). The number of primary amides is 1. The van der Waals surface area contributed by atoms with Crippen LogP contribution in [0.25, 0.3) is 0 Å². The largest absolute Gasteiger partial charge is 0.484 e. The van der Waals surface area contributed by atoms with E-state index >= 15 is 0 Å². The van der Waals surface area contributed by atoms with Crippen LogP contribution in [0.5, 0.6) is 5.75 Å². The van der Waals surface area contributed by atoms with Gasteiger partial charge in [0.2, 0.25) is 5.91 Å². The van der Waals surface area contributed by atoms with E-state index in [0.29, 0.717) is 17.9 Å². The van der Waals surface area contributed by atoms with Crippen LogP contribution in [0.3, 0.4) is 0 Å². The van der Waals surface area contributed by atoms with Crippen LogP contribution >= 0.6 is 27.3 Å². The average Bonchev–Trinajstić information content (AvgIpc) is 2.83. The van der Waals surface area contributed by atoms with Crippen molar-refractivity contribution in [2.45, 2.75) is 6.10 Å². The lowest BCUT2D eigenvalue weighted by Gasteiger charge is -2.16. The summed E-state index contributed by atoms with van der Waals surface area (Å²) in [5.74, 6) is 0.203. The van der Waals surface area contributed by atoms with Gasteiger partial charge in [0.15, 0.2) is 0 Å². The summed E-state index contributed by atoms with van der Waals surface area (Å²) < 4.78 is 6.82.